The van der Waals surface area contributed by atoms with E-state index in [-0.39, 0.29) is 5.91 Å². The molecule has 0 radical (unpaired) electrons. The van der Waals surface area contributed by atoms with Gasteiger partial charge in [-0.25, -0.2) is 0 Å². The van der Waals surface area contributed by atoms with Crippen LogP contribution in [0.15, 0.2) is 18.2 Å². The van der Waals surface area contributed by atoms with Crippen LogP contribution in [0.25, 0.3) is 0 Å². The fourth-order valence-corrected chi connectivity index (χ4v) is 2.57. The van der Waals surface area contributed by atoms with Crippen LogP contribution in [-0.2, 0) is 4.79 Å². The summed E-state index contributed by atoms with van der Waals surface area (Å²) in [7, 11) is 1.61. The van der Waals surface area contributed by atoms with Crippen LogP contribution in [0.2, 0.25) is 5.02 Å². The van der Waals surface area contributed by atoms with Crippen LogP contribution in [0.3, 0.4) is 0 Å². The van der Waals surface area contributed by atoms with Crippen LogP contribution in [0.1, 0.15) is 19.3 Å². The zero-order valence-electron chi connectivity index (χ0n) is 12.2. The van der Waals surface area contributed by atoms with E-state index >= 15 is 0 Å². The van der Waals surface area contributed by atoms with Gasteiger partial charge in [0.05, 0.1) is 12.8 Å². The molecule has 0 unspecified atom stereocenters. The second-order valence-electron chi connectivity index (χ2n) is 5.11. The number of piperidine rings is 1. The van der Waals surface area contributed by atoms with Crippen molar-refractivity contribution < 1.29 is 9.53 Å². The van der Waals surface area contributed by atoms with Crippen molar-refractivity contribution in [2.45, 2.75) is 25.3 Å². The molecule has 0 saturated carbocycles. The van der Waals surface area contributed by atoms with E-state index in [1.165, 1.54) is 0 Å². The van der Waals surface area contributed by atoms with Crippen LogP contribution in [0, 0.1) is 0 Å². The third-order valence-corrected chi connectivity index (χ3v) is 3.77. The lowest BCUT2D eigenvalue weighted by molar-refractivity contribution is -0.121. The zero-order valence-corrected chi connectivity index (χ0v) is 13.0. The molecule has 0 atom stereocenters. The molecule has 1 saturated heterocycles. The first-order valence-corrected chi connectivity index (χ1v) is 7.64. The van der Waals surface area contributed by atoms with Crippen LogP contribution < -0.4 is 20.7 Å². The van der Waals surface area contributed by atoms with Gasteiger partial charge < -0.3 is 20.7 Å². The SMILES string of the molecule is COc1ccc(Cl)cc1NCCC(=O)NC1CCNCC1. The summed E-state index contributed by atoms with van der Waals surface area (Å²) in [5.41, 5.74) is 0.805. The van der Waals surface area contributed by atoms with E-state index in [9.17, 15) is 4.79 Å². The summed E-state index contributed by atoms with van der Waals surface area (Å²) in [5, 5.41) is 10.2. The van der Waals surface area contributed by atoms with E-state index in [0.29, 0.717) is 24.0 Å². The molecular weight excluding hydrogens is 290 g/mol. The van der Waals surface area contributed by atoms with E-state index < -0.39 is 0 Å². The monoisotopic (exact) mass is 311 g/mol. The van der Waals surface area contributed by atoms with Gasteiger partial charge in [0.2, 0.25) is 5.91 Å². The average molecular weight is 312 g/mol. The summed E-state index contributed by atoms with van der Waals surface area (Å²) in [6, 6.07) is 5.68. The van der Waals surface area contributed by atoms with Crippen molar-refractivity contribution in [1.29, 1.82) is 0 Å². The summed E-state index contributed by atoms with van der Waals surface area (Å²) < 4.78 is 5.25. The number of benzene rings is 1. The van der Waals surface area contributed by atoms with Crippen molar-refractivity contribution in [3.63, 3.8) is 0 Å². The van der Waals surface area contributed by atoms with E-state index in [2.05, 4.69) is 16.0 Å². The highest BCUT2D eigenvalue weighted by Crippen LogP contribution is 2.27. The number of nitrogens with one attached hydrogen (secondary N) is 3. The minimum absolute atomic E-state index is 0.0791. The molecule has 1 amide bonds. The molecule has 0 spiro atoms. The Morgan fingerprint density at radius 1 is 1.43 bits per heavy atom. The van der Waals surface area contributed by atoms with Gasteiger partial charge in [-0.2, -0.15) is 0 Å². The largest absolute Gasteiger partial charge is 0.495 e. The van der Waals surface area contributed by atoms with Crippen LogP contribution >= 0.6 is 11.6 Å². The van der Waals surface area contributed by atoms with Gasteiger partial charge in [-0.05, 0) is 44.1 Å². The first-order valence-electron chi connectivity index (χ1n) is 7.26. The second-order valence-corrected chi connectivity index (χ2v) is 5.55. The Bertz CT molecular complexity index is 476. The predicted molar refractivity (Wildman–Crippen MR) is 85.1 cm³/mol. The van der Waals surface area contributed by atoms with Gasteiger partial charge >= 0.3 is 0 Å². The Morgan fingerprint density at radius 3 is 2.90 bits per heavy atom. The number of hydrogen-bond donors (Lipinski definition) is 3. The molecule has 116 valence electrons. The fraction of sp³-hybridized carbons (Fsp3) is 0.533. The summed E-state index contributed by atoms with van der Waals surface area (Å²) >= 11 is 5.96. The number of rotatable bonds is 6. The highest BCUT2D eigenvalue weighted by Gasteiger charge is 2.15. The normalized spacial score (nSPS) is 15.5. The predicted octanol–water partition coefficient (Wildman–Crippen LogP) is 2.02. The lowest BCUT2D eigenvalue weighted by atomic mass is 10.1. The maximum Gasteiger partial charge on any atom is 0.221 e. The number of anilines is 1. The van der Waals surface area contributed by atoms with Crippen LogP contribution in [0.5, 0.6) is 5.75 Å². The minimum Gasteiger partial charge on any atom is -0.495 e. The molecule has 1 aliphatic heterocycles. The average Bonchev–Trinajstić information content (AvgIpc) is 2.48. The number of halogens is 1. The minimum atomic E-state index is 0.0791. The molecular formula is C15H22ClN3O2. The van der Waals surface area contributed by atoms with Crippen LogP contribution in [0.4, 0.5) is 5.69 Å². The van der Waals surface area contributed by atoms with Crippen molar-refractivity contribution >= 4 is 23.2 Å². The molecule has 1 aliphatic rings. The molecule has 2 rings (SSSR count). The topological polar surface area (TPSA) is 62.4 Å². The van der Waals surface area contributed by atoms with Gasteiger partial charge in [0.15, 0.2) is 0 Å². The second kappa shape index (κ2) is 8.10. The van der Waals surface area contributed by atoms with Crippen molar-refractivity contribution in [1.82, 2.24) is 10.6 Å². The van der Waals surface area contributed by atoms with Crippen molar-refractivity contribution in [2.24, 2.45) is 0 Å². The number of methoxy groups -OCH3 is 1. The Kier molecular flexibility index (Phi) is 6.14. The van der Waals surface area contributed by atoms with Gasteiger partial charge in [0.25, 0.3) is 0 Å². The van der Waals surface area contributed by atoms with Crippen molar-refractivity contribution in [3.8, 4) is 5.75 Å². The Hall–Kier alpha value is -1.46. The number of amides is 1. The highest BCUT2D eigenvalue weighted by atomic mass is 35.5. The molecule has 21 heavy (non-hydrogen) atoms. The Balaban J connectivity index is 1.75. The molecule has 1 aromatic carbocycles. The molecule has 0 bridgehead atoms. The smallest absolute Gasteiger partial charge is 0.221 e. The molecule has 3 N–H and O–H groups in total. The van der Waals surface area contributed by atoms with E-state index in [4.69, 9.17) is 16.3 Å². The molecule has 1 heterocycles. The first-order chi connectivity index (χ1) is 10.2. The van der Waals surface area contributed by atoms with E-state index in [0.717, 1.165) is 37.4 Å². The third-order valence-electron chi connectivity index (χ3n) is 3.53. The lowest BCUT2D eigenvalue weighted by Gasteiger charge is -2.23. The van der Waals surface area contributed by atoms with Gasteiger partial charge in [0, 0.05) is 24.0 Å². The maximum atomic E-state index is 11.9. The standard InChI is InChI=1S/C15H22ClN3O2/c1-21-14-3-2-11(16)10-13(14)18-9-6-15(20)19-12-4-7-17-8-5-12/h2-3,10,12,17-18H,4-9H2,1H3,(H,19,20). The molecule has 0 aromatic heterocycles. The quantitative estimate of drug-likeness (QED) is 0.752. The van der Waals surface area contributed by atoms with Gasteiger partial charge in [-0.3, -0.25) is 4.79 Å². The van der Waals surface area contributed by atoms with Crippen molar-refractivity contribution in [3.05, 3.63) is 23.2 Å². The van der Waals surface area contributed by atoms with Crippen LogP contribution in [-0.4, -0.2) is 38.7 Å². The molecule has 1 aromatic rings. The van der Waals surface area contributed by atoms with E-state index in [1.807, 2.05) is 0 Å². The maximum absolute atomic E-state index is 11.9. The summed E-state index contributed by atoms with van der Waals surface area (Å²) in [5.74, 6) is 0.800. The highest BCUT2D eigenvalue weighted by molar-refractivity contribution is 6.30. The summed E-state index contributed by atoms with van der Waals surface area (Å²) in [6.07, 6.45) is 2.43. The number of carbonyl (C=O) groups excluding carboxylic acids is 1. The number of ether oxygens (including phenoxy) is 1. The molecule has 0 aliphatic carbocycles. The third kappa shape index (κ3) is 5.10. The molecule has 5 nitrogen and oxygen atoms in total. The molecule has 6 heteroatoms. The van der Waals surface area contributed by atoms with Gasteiger partial charge in [0.1, 0.15) is 5.75 Å². The Labute approximate surface area is 130 Å². The fourth-order valence-electron chi connectivity index (χ4n) is 2.40. The lowest BCUT2D eigenvalue weighted by Crippen LogP contribution is -2.43. The Morgan fingerprint density at radius 2 is 2.19 bits per heavy atom. The van der Waals surface area contributed by atoms with Gasteiger partial charge in [-0.15, -0.1) is 0 Å². The van der Waals surface area contributed by atoms with Crippen molar-refractivity contribution in [2.75, 3.05) is 32.1 Å². The first kappa shape index (κ1) is 15.9. The molecule has 1 fully saturated rings. The summed E-state index contributed by atoms with van der Waals surface area (Å²) in [6.45, 7) is 2.50. The number of carbonyl (C=O) groups is 1. The summed E-state index contributed by atoms with van der Waals surface area (Å²) in [4.78, 5) is 11.9. The number of hydrogen-bond acceptors (Lipinski definition) is 4. The van der Waals surface area contributed by atoms with E-state index in [1.54, 1.807) is 25.3 Å². The zero-order chi connectivity index (χ0) is 15.1. The van der Waals surface area contributed by atoms with Gasteiger partial charge in [-0.1, -0.05) is 11.6 Å².